The minimum Gasteiger partial charge on any atom is -0.308 e. The molecule has 0 aromatic heterocycles. The number of fused-ring (bicyclic) bond motifs is 1. The SMILES string of the molecule is C(=NCC1Cc2ccccc2CN1)c1ccccc1. The second-order valence-electron chi connectivity index (χ2n) is 4.96. The van der Waals surface area contributed by atoms with Crippen molar-refractivity contribution in [1.82, 2.24) is 5.32 Å². The molecule has 2 aromatic carbocycles. The maximum absolute atomic E-state index is 4.55. The minimum atomic E-state index is 0.454. The van der Waals surface area contributed by atoms with E-state index in [2.05, 4.69) is 46.7 Å². The van der Waals surface area contributed by atoms with Gasteiger partial charge in [0.2, 0.25) is 0 Å². The lowest BCUT2D eigenvalue weighted by atomic mass is 9.96. The molecule has 0 spiro atoms. The minimum absolute atomic E-state index is 0.454. The zero-order chi connectivity index (χ0) is 12.9. The number of hydrogen-bond acceptors (Lipinski definition) is 2. The predicted octanol–water partition coefficient (Wildman–Crippen LogP) is 2.82. The number of hydrogen-bond donors (Lipinski definition) is 1. The van der Waals surface area contributed by atoms with E-state index in [-0.39, 0.29) is 0 Å². The highest BCUT2D eigenvalue weighted by Gasteiger charge is 2.16. The smallest absolute Gasteiger partial charge is 0.0546 e. The van der Waals surface area contributed by atoms with Crippen molar-refractivity contribution in [3.8, 4) is 0 Å². The Balaban J connectivity index is 1.59. The molecule has 0 radical (unpaired) electrons. The van der Waals surface area contributed by atoms with E-state index in [4.69, 9.17) is 0 Å². The lowest BCUT2D eigenvalue weighted by molar-refractivity contribution is 0.489. The Morgan fingerprint density at radius 1 is 1.00 bits per heavy atom. The Kier molecular flexibility index (Phi) is 3.70. The van der Waals surface area contributed by atoms with Crippen molar-refractivity contribution in [2.24, 2.45) is 4.99 Å². The van der Waals surface area contributed by atoms with E-state index in [9.17, 15) is 0 Å². The monoisotopic (exact) mass is 250 g/mol. The van der Waals surface area contributed by atoms with Crippen LogP contribution in [0.1, 0.15) is 16.7 Å². The zero-order valence-electron chi connectivity index (χ0n) is 10.9. The molecule has 2 heteroatoms. The number of aliphatic imine (C=N–C) groups is 1. The molecule has 1 heterocycles. The summed E-state index contributed by atoms with van der Waals surface area (Å²) in [5.74, 6) is 0. The van der Waals surface area contributed by atoms with E-state index >= 15 is 0 Å². The Morgan fingerprint density at radius 2 is 1.74 bits per heavy atom. The maximum atomic E-state index is 4.55. The molecule has 19 heavy (non-hydrogen) atoms. The molecular formula is C17H18N2. The van der Waals surface area contributed by atoms with E-state index in [0.29, 0.717) is 6.04 Å². The molecule has 0 aliphatic carbocycles. The topological polar surface area (TPSA) is 24.4 Å². The summed E-state index contributed by atoms with van der Waals surface area (Å²) in [6.45, 7) is 1.80. The van der Waals surface area contributed by atoms with Gasteiger partial charge in [-0.05, 0) is 23.1 Å². The molecule has 1 aliphatic rings. The third-order valence-electron chi connectivity index (χ3n) is 3.53. The van der Waals surface area contributed by atoms with Crippen molar-refractivity contribution >= 4 is 6.21 Å². The summed E-state index contributed by atoms with van der Waals surface area (Å²) < 4.78 is 0. The molecule has 0 saturated heterocycles. The largest absolute Gasteiger partial charge is 0.308 e. The van der Waals surface area contributed by atoms with E-state index in [1.807, 2.05) is 24.4 Å². The first kappa shape index (κ1) is 12.1. The number of rotatable bonds is 3. The molecule has 1 N–H and O–H groups in total. The number of nitrogens with one attached hydrogen (secondary N) is 1. The second-order valence-corrected chi connectivity index (χ2v) is 4.96. The van der Waals surface area contributed by atoms with Gasteiger partial charge in [-0.3, -0.25) is 4.99 Å². The lowest BCUT2D eigenvalue weighted by Gasteiger charge is -2.24. The fraction of sp³-hybridized carbons (Fsp3) is 0.235. The molecule has 0 fully saturated rings. The molecule has 1 unspecified atom stereocenters. The van der Waals surface area contributed by atoms with Crippen molar-refractivity contribution in [3.63, 3.8) is 0 Å². The van der Waals surface area contributed by atoms with E-state index in [1.54, 1.807) is 0 Å². The van der Waals surface area contributed by atoms with Crippen LogP contribution in [0.5, 0.6) is 0 Å². The normalized spacial score (nSPS) is 18.4. The van der Waals surface area contributed by atoms with Crippen molar-refractivity contribution in [2.75, 3.05) is 6.54 Å². The van der Waals surface area contributed by atoms with Crippen molar-refractivity contribution in [2.45, 2.75) is 19.0 Å². The van der Waals surface area contributed by atoms with Gasteiger partial charge in [0.25, 0.3) is 0 Å². The van der Waals surface area contributed by atoms with Crippen LogP contribution in [-0.4, -0.2) is 18.8 Å². The van der Waals surface area contributed by atoms with Crippen LogP contribution in [0.2, 0.25) is 0 Å². The van der Waals surface area contributed by atoms with Gasteiger partial charge in [0.15, 0.2) is 0 Å². The first-order valence-electron chi connectivity index (χ1n) is 6.77. The summed E-state index contributed by atoms with van der Waals surface area (Å²) in [6, 6.07) is 19.4. The Bertz CT molecular complexity index is 560. The van der Waals surface area contributed by atoms with Crippen LogP contribution < -0.4 is 5.32 Å². The molecule has 1 aliphatic heterocycles. The lowest BCUT2D eigenvalue weighted by Crippen LogP contribution is -2.37. The summed E-state index contributed by atoms with van der Waals surface area (Å²) in [5.41, 5.74) is 4.05. The van der Waals surface area contributed by atoms with Crippen LogP contribution in [0.25, 0.3) is 0 Å². The summed E-state index contributed by atoms with van der Waals surface area (Å²) in [4.78, 5) is 4.55. The van der Waals surface area contributed by atoms with E-state index in [0.717, 1.165) is 19.5 Å². The van der Waals surface area contributed by atoms with Crippen molar-refractivity contribution < 1.29 is 0 Å². The van der Waals surface area contributed by atoms with Crippen LogP contribution in [-0.2, 0) is 13.0 Å². The van der Waals surface area contributed by atoms with Gasteiger partial charge in [0, 0.05) is 18.8 Å². The van der Waals surface area contributed by atoms with Crippen LogP contribution in [0.3, 0.4) is 0 Å². The highest BCUT2D eigenvalue weighted by Crippen LogP contribution is 2.16. The van der Waals surface area contributed by atoms with Gasteiger partial charge >= 0.3 is 0 Å². The average molecular weight is 250 g/mol. The van der Waals surface area contributed by atoms with Crippen molar-refractivity contribution in [1.29, 1.82) is 0 Å². The van der Waals surface area contributed by atoms with Crippen molar-refractivity contribution in [3.05, 3.63) is 71.3 Å². The Hall–Kier alpha value is -1.93. The van der Waals surface area contributed by atoms with Gasteiger partial charge in [-0.2, -0.15) is 0 Å². The van der Waals surface area contributed by atoms with Crippen LogP contribution in [0, 0.1) is 0 Å². The Labute approximate surface area is 114 Å². The quantitative estimate of drug-likeness (QED) is 0.832. The fourth-order valence-electron chi connectivity index (χ4n) is 2.47. The third-order valence-corrected chi connectivity index (χ3v) is 3.53. The van der Waals surface area contributed by atoms with Gasteiger partial charge in [0.05, 0.1) is 6.54 Å². The average Bonchev–Trinajstić information content (AvgIpc) is 2.48. The molecule has 2 aromatic rings. The molecular weight excluding hydrogens is 232 g/mol. The summed E-state index contributed by atoms with van der Waals surface area (Å²) in [6.07, 6.45) is 3.03. The van der Waals surface area contributed by atoms with Gasteiger partial charge < -0.3 is 5.32 Å². The summed E-state index contributed by atoms with van der Waals surface area (Å²) >= 11 is 0. The molecule has 0 bridgehead atoms. The summed E-state index contributed by atoms with van der Waals surface area (Å²) in [5, 5.41) is 3.55. The van der Waals surface area contributed by atoms with Gasteiger partial charge in [-0.25, -0.2) is 0 Å². The molecule has 2 nitrogen and oxygen atoms in total. The first-order chi connectivity index (χ1) is 9.42. The van der Waals surface area contributed by atoms with Gasteiger partial charge in [-0.1, -0.05) is 54.6 Å². The molecule has 0 amide bonds. The van der Waals surface area contributed by atoms with Gasteiger partial charge in [0.1, 0.15) is 0 Å². The van der Waals surface area contributed by atoms with E-state index in [1.165, 1.54) is 16.7 Å². The molecule has 0 saturated carbocycles. The maximum Gasteiger partial charge on any atom is 0.0546 e. The standard InChI is InChI=1S/C17H18N2/c1-2-6-14(7-3-1)11-18-13-17-10-15-8-4-5-9-16(15)12-19-17/h1-9,11,17,19H,10,12-13H2. The summed E-state index contributed by atoms with van der Waals surface area (Å²) in [7, 11) is 0. The molecule has 96 valence electrons. The fourth-order valence-corrected chi connectivity index (χ4v) is 2.47. The number of benzene rings is 2. The highest BCUT2D eigenvalue weighted by molar-refractivity contribution is 5.79. The molecule has 1 atom stereocenters. The predicted molar refractivity (Wildman–Crippen MR) is 79.7 cm³/mol. The third kappa shape index (κ3) is 3.09. The van der Waals surface area contributed by atoms with Gasteiger partial charge in [-0.15, -0.1) is 0 Å². The number of nitrogens with zero attached hydrogens (tertiary/aromatic N) is 1. The van der Waals surface area contributed by atoms with Crippen LogP contribution in [0.4, 0.5) is 0 Å². The zero-order valence-corrected chi connectivity index (χ0v) is 10.9. The first-order valence-corrected chi connectivity index (χ1v) is 6.77. The Morgan fingerprint density at radius 3 is 2.58 bits per heavy atom. The highest BCUT2D eigenvalue weighted by atomic mass is 15.0. The second kappa shape index (κ2) is 5.81. The molecule has 3 rings (SSSR count). The van der Waals surface area contributed by atoms with Crippen LogP contribution >= 0.6 is 0 Å². The van der Waals surface area contributed by atoms with Crippen LogP contribution in [0.15, 0.2) is 59.6 Å². The van der Waals surface area contributed by atoms with E-state index < -0.39 is 0 Å².